The summed E-state index contributed by atoms with van der Waals surface area (Å²) < 4.78 is 11.3. The summed E-state index contributed by atoms with van der Waals surface area (Å²) in [6.07, 6.45) is 1.90. The summed E-state index contributed by atoms with van der Waals surface area (Å²) in [6, 6.07) is 6.11. The van der Waals surface area contributed by atoms with Gasteiger partial charge >= 0.3 is 0 Å². The van der Waals surface area contributed by atoms with Gasteiger partial charge in [-0.15, -0.1) is 0 Å². The van der Waals surface area contributed by atoms with E-state index in [0.717, 1.165) is 35.6 Å². The minimum Gasteiger partial charge on any atom is -0.382 e. The van der Waals surface area contributed by atoms with Crippen LogP contribution in [-0.4, -0.2) is 34.2 Å². The first kappa shape index (κ1) is 15.0. The lowest BCUT2D eigenvalue weighted by molar-refractivity contribution is 0.0956. The minimum atomic E-state index is -0.629. The van der Waals surface area contributed by atoms with E-state index in [9.17, 15) is 9.00 Å². The van der Waals surface area contributed by atoms with Gasteiger partial charge in [0.05, 0.1) is 0 Å². The molecule has 1 amide bonds. The highest BCUT2D eigenvalue weighted by molar-refractivity contribution is 7.85. The number of aryl methyl sites for hydroxylation is 1. The highest BCUT2D eigenvalue weighted by Crippen LogP contribution is 2.21. The third-order valence-electron chi connectivity index (χ3n) is 3.57. The van der Waals surface area contributed by atoms with E-state index in [1.807, 2.05) is 32.0 Å². The van der Waals surface area contributed by atoms with E-state index in [2.05, 4.69) is 10.6 Å². The summed E-state index contributed by atoms with van der Waals surface area (Å²) >= 11 is 0. The molecule has 20 heavy (non-hydrogen) atoms. The Labute approximate surface area is 122 Å². The third-order valence-corrected chi connectivity index (χ3v) is 4.96. The molecule has 110 valence electrons. The number of amides is 1. The molecule has 5 heteroatoms. The fraction of sp³-hybridized carbons (Fsp3) is 0.533. The number of anilines is 1. The van der Waals surface area contributed by atoms with Gasteiger partial charge in [-0.25, -0.2) is 0 Å². The molecule has 4 nitrogen and oxygen atoms in total. The van der Waals surface area contributed by atoms with Crippen LogP contribution in [0.4, 0.5) is 5.69 Å². The van der Waals surface area contributed by atoms with Gasteiger partial charge in [0.25, 0.3) is 5.91 Å². The van der Waals surface area contributed by atoms with E-state index in [1.54, 1.807) is 0 Å². The van der Waals surface area contributed by atoms with Crippen LogP contribution in [0, 0.1) is 6.92 Å². The molecule has 1 aromatic rings. The number of rotatable bonds is 4. The van der Waals surface area contributed by atoms with Gasteiger partial charge in [0.15, 0.2) is 0 Å². The molecule has 1 fully saturated rings. The predicted molar refractivity (Wildman–Crippen MR) is 83.7 cm³/mol. The van der Waals surface area contributed by atoms with Crippen molar-refractivity contribution in [2.45, 2.75) is 32.7 Å². The van der Waals surface area contributed by atoms with Gasteiger partial charge in [0, 0.05) is 46.1 Å². The number of nitrogens with one attached hydrogen (secondary N) is 2. The lowest BCUT2D eigenvalue weighted by Gasteiger charge is -2.24. The highest BCUT2D eigenvalue weighted by Gasteiger charge is 2.18. The molecular weight excluding hydrogens is 272 g/mol. The third kappa shape index (κ3) is 3.82. The molecular formula is C15H22N2O2S. The Bertz CT molecular complexity index is 507. The van der Waals surface area contributed by atoms with Crippen molar-refractivity contribution in [2.24, 2.45) is 0 Å². The van der Waals surface area contributed by atoms with Crippen LogP contribution in [0.1, 0.15) is 35.7 Å². The van der Waals surface area contributed by atoms with Gasteiger partial charge in [-0.1, -0.05) is 0 Å². The van der Waals surface area contributed by atoms with Crippen LogP contribution in [0.15, 0.2) is 18.2 Å². The number of carbonyl (C=O) groups is 1. The average molecular weight is 294 g/mol. The monoisotopic (exact) mass is 294 g/mol. The first-order chi connectivity index (χ1) is 9.60. The standard InChI is InChI=1S/C15H22N2O2S/c1-3-16-15(18)12-4-5-14(11(2)10-12)17-13-6-8-20(19)9-7-13/h4-5,10,13,17H,3,6-9H2,1-2H3,(H,16,18). The minimum absolute atomic E-state index is 0.0322. The highest BCUT2D eigenvalue weighted by atomic mass is 32.2. The van der Waals surface area contributed by atoms with Gasteiger partial charge in [-0.2, -0.15) is 0 Å². The topological polar surface area (TPSA) is 58.2 Å². The van der Waals surface area contributed by atoms with Gasteiger partial charge < -0.3 is 10.6 Å². The van der Waals surface area contributed by atoms with Crippen LogP contribution in [-0.2, 0) is 10.8 Å². The Kier molecular flexibility index (Phi) is 5.17. The number of carbonyl (C=O) groups excluding carboxylic acids is 1. The van der Waals surface area contributed by atoms with E-state index >= 15 is 0 Å². The van der Waals surface area contributed by atoms with Gasteiger partial charge in [0.2, 0.25) is 0 Å². The fourth-order valence-electron chi connectivity index (χ4n) is 2.39. The second-order valence-corrected chi connectivity index (χ2v) is 6.85. The average Bonchev–Trinajstić information content (AvgIpc) is 2.43. The van der Waals surface area contributed by atoms with Crippen LogP contribution in [0.5, 0.6) is 0 Å². The van der Waals surface area contributed by atoms with E-state index < -0.39 is 10.8 Å². The van der Waals surface area contributed by atoms with Crippen molar-refractivity contribution in [3.05, 3.63) is 29.3 Å². The summed E-state index contributed by atoms with van der Waals surface area (Å²) in [7, 11) is -0.629. The summed E-state index contributed by atoms with van der Waals surface area (Å²) in [5.74, 6) is 1.54. The summed E-state index contributed by atoms with van der Waals surface area (Å²) in [5, 5.41) is 6.30. The molecule has 1 aliphatic rings. The molecule has 0 bridgehead atoms. The Hall–Kier alpha value is -1.36. The zero-order valence-corrected chi connectivity index (χ0v) is 12.9. The molecule has 0 aromatic heterocycles. The molecule has 1 heterocycles. The van der Waals surface area contributed by atoms with Crippen LogP contribution in [0.25, 0.3) is 0 Å². The fourth-order valence-corrected chi connectivity index (χ4v) is 3.69. The van der Waals surface area contributed by atoms with Crippen LogP contribution >= 0.6 is 0 Å². The molecule has 1 aliphatic heterocycles. The summed E-state index contributed by atoms with van der Waals surface area (Å²) in [6.45, 7) is 4.55. The molecule has 1 aromatic carbocycles. The second kappa shape index (κ2) is 6.88. The Morgan fingerprint density at radius 1 is 1.35 bits per heavy atom. The van der Waals surface area contributed by atoms with E-state index in [-0.39, 0.29) is 5.91 Å². The second-order valence-electron chi connectivity index (χ2n) is 5.16. The van der Waals surface area contributed by atoms with Crippen molar-refractivity contribution < 1.29 is 9.00 Å². The van der Waals surface area contributed by atoms with Crippen molar-refractivity contribution >= 4 is 22.4 Å². The van der Waals surface area contributed by atoms with Crippen molar-refractivity contribution in [3.8, 4) is 0 Å². The molecule has 0 radical (unpaired) electrons. The van der Waals surface area contributed by atoms with Gasteiger partial charge in [-0.3, -0.25) is 9.00 Å². The zero-order chi connectivity index (χ0) is 14.5. The lowest BCUT2D eigenvalue weighted by Crippen LogP contribution is -2.29. The van der Waals surface area contributed by atoms with Crippen molar-refractivity contribution in [1.82, 2.24) is 5.32 Å². The van der Waals surface area contributed by atoms with Crippen molar-refractivity contribution in [1.29, 1.82) is 0 Å². The van der Waals surface area contributed by atoms with E-state index in [0.29, 0.717) is 18.2 Å². The molecule has 0 atom stereocenters. The first-order valence-electron chi connectivity index (χ1n) is 7.10. The zero-order valence-electron chi connectivity index (χ0n) is 12.1. The maximum atomic E-state index is 11.8. The molecule has 1 saturated heterocycles. The van der Waals surface area contributed by atoms with Crippen molar-refractivity contribution in [3.63, 3.8) is 0 Å². The van der Waals surface area contributed by atoms with Crippen LogP contribution in [0.2, 0.25) is 0 Å². The smallest absolute Gasteiger partial charge is 0.251 e. The maximum absolute atomic E-state index is 11.8. The largest absolute Gasteiger partial charge is 0.382 e. The van der Waals surface area contributed by atoms with Crippen LogP contribution < -0.4 is 10.6 Å². The van der Waals surface area contributed by atoms with Gasteiger partial charge in [0.1, 0.15) is 0 Å². The lowest BCUT2D eigenvalue weighted by atomic mass is 10.1. The quantitative estimate of drug-likeness (QED) is 0.894. The van der Waals surface area contributed by atoms with Gasteiger partial charge in [-0.05, 0) is 50.5 Å². The Morgan fingerprint density at radius 2 is 2.05 bits per heavy atom. The molecule has 0 spiro atoms. The predicted octanol–water partition coefficient (Wildman–Crippen LogP) is 2.07. The molecule has 2 N–H and O–H groups in total. The van der Waals surface area contributed by atoms with Crippen LogP contribution in [0.3, 0.4) is 0 Å². The molecule has 0 saturated carbocycles. The number of benzene rings is 1. The normalized spacial score (nSPS) is 22.3. The number of hydrogen-bond donors (Lipinski definition) is 2. The van der Waals surface area contributed by atoms with E-state index in [4.69, 9.17) is 0 Å². The van der Waals surface area contributed by atoms with E-state index in [1.165, 1.54) is 0 Å². The molecule has 2 rings (SSSR count). The first-order valence-corrected chi connectivity index (χ1v) is 8.59. The Balaban J connectivity index is 2.02. The molecule has 0 unspecified atom stereocenters. The SMILES string of the molecule is CCNC(=O)c1ccc(NC2CCS(=O)CC2)c(C)c1. The Morgan fingerprint density at radius 3 is 2.65 bits per heavy atom. The van der Waals surface area contributed by atoms with Crippen molar-refractivity contribution in [2.75, 3.05) is 23.4 Å². The summed E-state index contributed by atoms with van der Waals surface area (Å²) in [5.41, 5.74) is 2.83. The maximum Gasteiger partial charge on any atom is 0.251 e. The molecule has 0 aliphatic carbocycles. The number of hydrogen-bond acceptors (Lipinski definition) is 3. The summed E-state index contributed by atoms with van der Waals surface area (Å²) in [4.78, 5) is 11.8.